The summed E-state index contributed by atoms with van der Waals surface area (Å²) in [5.74, 6) is 0. The first-order chi connectivity index (χ1) is 9.46. The molecule has 0 atom stereocenters. The molecule has 0 radical (unpaired) electrons. The molecule has 1 aromatic heterocycles. The lowest BCUT2D eigenvalue weighted by Crippen LogP contribution is -2.35. The van der Waals surface area contributed by atoms with Crippen LogP contribution in [0.2, 0.25) is 0 Å². The standard InChI is InChI=1S/C12H25N5O2S/c1-4-7-17(5-2)8-6-14-20(18,19)12-10(3)15-16-11(12)9-13/h14H,4-9,13H2,1-3H3,(H,15,16). The predicted octanol–water partition coefficient (Wildman–Crippen LogP) is 0.187. The normalized spacial score (nSPS) is 12.2. The zero-order valence-electron chi connectivity index (χ0n) is 12.4. The van der Waals surface area contributed by atoms with E-state index >= 15 is 0 Å². The lowest BCUT2D eigenvalue weighted by Gasteiger charge is -2.19. The maximum atomic E-state index is 12.3. The van der Waals surface area contributed by atoms with Crippen LogP contribution in [0.15, 0.2) is 4.90 Å². The first-order valence-corrected chi connectivity index (χ1v) is 8.40. The summed E-state index contributed by atoms with van der Waals surface area (Å²) in [5.41, 5.74) is 6.40. The molecule has 7 nitrogen and oxygen atoms in total. The third-order valence-electron chi connectivity index (χ3n) is 3.13. The molecule has 116 valence electrons. The molecule has 1 aromatic rings. The van der Waals surface area contributed by atoms with Gasteiger partial charge in [0.05, 0.1) is 11.4 Å². The third-order valence-corrected chi connectivity index (χ3v) is 4.79. The minimum Gasteiger partial charge on any atom is -0.325 e. The van der Waals surface area contributed by atoms with Crippen molar-refractivity contribution < 1.29 is 8.42 Å². The molecule has 0 fully saturated rings. The second-order valence-corrected chi connectivity index (χ2v) is 6.36. The number of hydrogen-bond donors (Lipinski definition) is 3. The molecule has 0 aromatic carbocycles. The number of nitrogens with zero attached hydrogens (tertiary/aromatic N) is 2. The van der Waals surface area contributed by atoms with Crippen molar-refractivity contribution in [2.45, 2.75) is 38.6 Å². The summed E-state index contributed by atoms with van der Waals surface area (Å²) in [7, 11) is -3.56. The van der Waals surface area contributed by atoms with Crippen molar-refractivity contribution in [3.8, 4) is 0 Å². The van der Waals surface area contributed by atoms with Gasteiger partial charge in [-0.15, -0.1) is 0 Å². The van der Waals surface area contributed by atoms with Gasteiger partial charge in [-0.3, -0.25) is 5.10 Å². The summed E-state index contributed by atoms with van der Waals surface area (Å²) in [6, 6.07) is 0. The molecule has 8 heteroatoms. The Balaban J connectivity index is 2.68. The van der Waals surface area contributed by atoms with Gasteiger partial charge in [0.1, 0.15) is 4.90 Å². The largest absolute Gasteiger partial charge is 0.325 e. The van der Waals surface area contributed by atoms with Gasteiger partial charge in [-0.25, -0.2) is 13.1 Å². The van der Waals surface area contributed by atoms with E-state index in [1.165, 1.54) is 0 Å². The van der Waals surface area contributed by atoms with Gasteiger partial charge in [0.2, 0.25) is 10.0 Å². The molecule has 0 aliphatic heterocycles. The molecule has 4 N–H and O–H groups in total. The Morgan fingerprint density at radius 3 is 2.60 bits per heavy atom. The number of H-pyrrole nitrogens is 1. The van der Waals surface area contributed by atoms with Gasteiger partial charge in [0.25, 0.3) is 0 Å². The number of nitrogens with two attached hydrogens (primary N) is 1. The maximum Gasteiger partial charge on any atom is 0.244 e. The molecule has 1 heterocycles. The fourth-order valence-electron chi connectivity index (χ4n) is 2.12. The Labute approximate surface area is 121 Å². The summed E-state index contributed by atoms with van der Waals surface area (Å²) < 4.78 is 27.2. The number of aromatic nitrogens is 2. The predicted molar refractivity (Wildman–Crippen MR) is 78.8 cm³/mol. The van der Waals surface area contributed by atoms with Gasteiger partial charge in [0, 0.05) is 19.6 Å². The van der Waals surface area contributed by atoms with Crippen LogP contribution in [-0.4, -0.2) is 49.7 Å². The van der Waals surface area contributed by atoms with Crippen LogP contribution >= 0.6 is 0 Å². The lowest BCUT2D eigenvalue weighted by molar-refractivity contribution is 0.293. The summed E-state index contributed by atoms with van der Waals surface area (Å²) in [6.45, 7) is 8.90. The van der Waals surface area contributed by atoms with Crippen molar-refractivity contribution in [3.05, 3.63) is 11.4 Å². The quantitative estimate of drug-likeness (QED) is 0.604. The van der Waals surface area contributed by atoms with E-state index in [-0.39, 0.29) is 11.4 Å². The Kier molecular flexibility index (Phi) is 6.60. The number of aryl methyl sites for hydroxylation is 1. The first-order valence-electron chi connectivity index (χ1n) is 6.92. The van der Waals surface area contributed by atoms with Crippen LogP contribution < -0.4 is 10.5 Å². The van der Waals surface area contributed by atoms with Crippen molar-refractivity contribution in [2.75, 3.05) is 26.2 Å². The monoisotopic (exact) mass is 303 g/mol. The van der Waals surface area contributed by atoms with E-state index in [9.17, 15) is 8.42 Å². The smallest absolute Gasteiger partial charge is 0.244 e. The van der Waals surface area contributed by atoms with Crippen molar-refractivity contribution in [1.82, 2.24) is 19.8 Å². The molecule has 0 amide bonds. The van der Waals surface area contributed by atoms with Crippen LogP contribution in [0.25, 0.3) is 0 Å². The Bertz CT molecular complexity index is 512. The van der Waals surface area contributed by atoms with E-state index in [2.05, 4.69) is 33.7 Å². The van der Waals surface area contributed by atoms with Gasteiger partial charge in [-0.05, 0) is 26.4 Å². The number of nitrogens with one attached hydrogen (secondary N) is 2. The highest BCUT2D eigenvalue weighted by atomic mass is 32.2. The summed E-state index contributed by atoms with van der Waals surface area (Å²) >= 11 is 0. The molecule has 0 unspecified atom stereocenters. The Morgan fingerprint density at radius 2 is 2.05 bits per heavy atom. The fraction of sp³-hybridized carbons (Fsp3) is 0.750. The van der Waals surface area contributed by atoms with Gasteiger partial charge in [-0.2, -0.15) is 5.10 Å². The first kappa shape index (κ1) is 17.1. The molecular formula is C12H25N5O2S. The summed E-state index contributed by atoms with van der Waals surface area (Å²) in [6.07, 6.45) is 1.05. The third kappa shape index (κ3) is 4.27. The van der Waals surface area contributed by atoms with Crippen LogP contribution in [0.1, 0.15) is 31.7 Å². The number of likely N-dealkylation sites (N-methyl/N-ethyl adjacent to an activating group) is 1. The topological polar surface area (TPSA) is 104 Å². The lowest BCUT2D eigenvalue weighted by atomic mass is 10.4. The zero-order chi connectivity index (χ0) is 15.2. The summed E-state index contributed by atoms with van der Waals surface area (Å²) in [5, 5.41) is 6.58. The van der Waals surface area contributed by atoms with Crippen LogP contribution in [0.4, 0.5) is 0 Å². The van der Waals surface area contributed by atoms with Crippen molar-refractivity contribution in [1.29, 1.82) is 0 Å². The molecule has 0 bridgehead atoms. The molecule has 0 saturated carbocycles. The zero-order valence-corrected chi connectivity index (χ0v) is 13.3. The van der Waals surface area contributed by atoms with Crippen LogP contribution in [0, 0.1) is 6.92 Å². The number of sulfonamides is 1. The highest BCUT2D eigenvalue weighted by molar-refractivity contribution is 7.89. The average molecular weight is 303 g/mol. The van der Waals surface area contributed by atoms with Gasteiger partial charge in [-0.1, -0.05) is 13.8 Å². The molecule has 0 spiro atoms. The summed E-state index contributed by atoms with van der Waals surface area (Å²) in [4.78, 5) is 2.38. The minimum absolute atomic E-state index is 0.0947. The van der Waals surface area contributed by atoms with E-state index in [1.807, 2.05) is 0 Å². The van der Waals surface area contributed by atoms with Crippen LogP contribution in [-0.2, 0) is 16.6 Å². The second-order valence-electron chi connectivity index (χ2n) is 4.66. The van der Waals surface area contributed by atoms with E-state index in [4.69, 9.17) is 5.73 Å². The van der Waals surface area contributed by atoms with Crippen molar-refractivity contribution >= 4 is 10.0 Å². The van der Waals surface area contributed by atoms with Gasteiger partial charge < -0.3 is 10.6 Å². The molecule has 0 aliphatic carbocycles. The highest BCUT2D eigenvalue weighted by Gasteiger charge is 2.23. The second kappa shape index (κ2) is 7.72. The van der Waals surface area contributed by atoms with Gasteiger partial charge in [0.15, 0.2) is 0 Å². The van der Waals surface area contributed by atoms with E-state index in [1.54, 1.807) is 6.92 Å². The number of rotatable bonds is 9. The minimum atomic E-state index is -3.56. The average Bonchev–Trinajstić information content (AvgIpc) is 2.79. The molecular weight excluding hydrogens is 278 g/mol. The molecule has 1 rings (SSSR count). The highest BCUT2D eigenvalue weighted by Crippen LogP contribution is 2.16. The SMILES string of the molecule is CCCN(CC)CCNS(=O)(=O)c1c(CN)n[nH]c1C. The molecule has 20 heavy (non-hydrogen) atoms. The molecule has 0 saturated heterocycles. The Hall–Kier alpha value is -0.960. The van der Waals surface area contributed by atoms with Crippen LogP contribution in [0.3, 0.4) is 0 Å². The van der Waals surface area contributed by atoms with E-state index in [0.29, 0.717) is 24.5 Å². The van der Waals surface area contributed by atoms with E-state index < -0.39 is 10.0 Å². The fourth-order valence-corrected chi connectivity index (χ4v) is 3.51. The van der Waals surface area contributed by atoms with Crippen LogP contribution in [0.5, 0.6) is 0 Å². The van der Waals surface area contributed by atoms with Gasteiger partial charge >= 0.3 is 0 Å². The van der Waals surface area contributed by atoms with Crippen molar-refractivity contribution in [3.63, 3.8) is 0 Å². The Morgan fingerprint density at radius 1 is 1.35 bits per heavy atom. The number of hydrogen-bond acceptors (Lipinski definition) is 5. The number of aromatic amines is 1. The maximum absolute atomic E-state index is 12.3. The van der Waals surface area contributed by atoms with Crippen molar-refractivity contribution in [2.24, 2.45) is 5.73 Å². The molecule has 0 aliphatic rings. The van der Waals surface area contributed by atoms with E-state index in [0.717, 1.165) is 19.5 Å².